The molecule has 3 N–H and O–H groups in total. The van der Waals surface area contributed by atoms with Crippen LogP contribution >= 0.6 is 11.8 Å². The fourth-order valence-corrected chi connectivity index (χ4v) is 2.57. The monoisotopic (exact) mass is 236 g/mol. The van der Waals surface area contributed by atoms with Crippen LogP contribution in [0.3, 0.4) is 0 Å². The van der Waals surface area contributed by atoms with Crippen LogP contribution in [0.4, 0.5) is 0 Å². The van der Waals surface area contributed by atoms with Crippen molar-refractivity contribution in [3.05, 3.63) is 35.4 Å². The molecule has 0 amide bonds. The zero-order valence-electron chi connectivity index (χ0n) is 9.83. The second-order valence-electron chi connectivity index (χ2n) is 3.83. The summed E-state index contributed by atoms with van der Waals surface area (Å²) in [5.41, 5.74) is 7.60. The van der Waals surface area contributed by atoms with E-state index < -0.39 is 0 Å². The fraction of sp³-hybridized carbons (Fsp3) is 0.462. The number of amidine groups is 1. The number of hydrogen-bond donors (Lipinski definition) is 2. The van der Waals surface area contributed by atoms with Gasteiger partial charge in [0.05, 0.1) is 0 Å². The molecule has 0 aliphatic rings. The van der Waals surface area contributed by atoms with Crippen LogP contribution in [-0.4, -0.2) is 11.6 Å². The molecule has 16 heavy (non-hydrogen) atoms. The number of nitrogen functional groups attached to an aromatic ring is 1. The predicted molar refractivity (Wildman–Crippen MR) is 73.1 cm³/mol. The minimum atomic E-state index is 0.171. The van der Waals surface area contributed by atoms with Crippen LogP contribution in [0.15, 0.2) is 24.3 Å². The summed E-state index contributed by atoms with van der Waals surface area (Å²) in [7, 11) is 0. The number of thioether (sulfide) groups is 1. The molecule has 88 valence electrons. The maximum absolute atomic E-state index is 7.49. The van der Waals surface area contributed by atoms with Crippen molar-refractivity contribution >= 4 is 17.6 Å². The first-order chi connectivity index (χ1) is 7.75. The van der Waals surface area contributed by atoms with Gasteiger partial charge in [-0.1, -0.05) is 44.0 Å². The van der Waals surface area contributed by atoms with E-state index in [1.165, 1.54) is 30.6 Å². The molecule has 0 aliphatic heterocycles. The molecule has 0 saturated heterocycles. The Morgan fingerprint density at radius 1 is 1.31 bits per heavy atom. The van der Waals surface area contributed by atoms with Gasteiger partial charge in [0, 0.05) is 11.3 Å². The highest BCUT2D eigenvalue weighted by molar-refractivity contribution is 7.98. The molecule has 3 heteroatoms. The van der Waals surface area contributed by atoms with Gasteiger partial charge in [-0.15, -0.1) is 0 Å². The summed E-state index contributed by atoms with van der Waals surface area (Å²) >= 11 is 1.93. The molecule has 2 nitrogen and oxygen atoms in total. The summed E-state index contributed by atoms with van der Waals surface area (Å²) in [5, 5.41) is 7.49. The van der Waals surface area contributed by atoms with Gasteiger partial charge in [-0.3, -0.25) is 5.41 Å². The van der Waals surface area contributed by atoms with Gasteiger partial charge in [0.2, 0.25) is 0 Å². The third-order valence-electron chi connectivity index (χ3n) is 2.46. The smallest absolute Gasteiger partial charge is 0.123 e. The van der Waals surface area contributed by atoms with Crippen LogP contribution < -0.4 is 5.73 Å². The molecule has 1 rings (SSSR count). The topological polar surface area (TPSA) is 49.9 Å². The van der Waals surface area contributed by atoms with E-state index in [4.69, 9.17) is 11.1 Å². The van der Waals surface area contributed by atoms with Gasteiger partial charge >= 0.3 is 0 Å². The summed E-state index contributed by atoms with van der Waals surface area (Å²) in [6.07, 6.45) is 3.86. The minimum Gasteiger partial charge on any atom is -0.384 e. The van der Waals surface area contributed by atoms with Crippen LogP contribution in [0.5, 0.6) is 0 Å². The van der Waals surface area contributed by atoms with Gasteiger partial charge in [-0.2, -0.15) is 11.8 Å². The standard InChI is InChI=1S/C13H20N2S/c1-2-3-6-9-16-10-11-7-4-5-8-12(11)13(14)15/h4-5,7-8H,2-3,6,9-10H2,1H3,(H3,14,15). The van der Waals surface area contributed by atoms with Crippen molar-refractivity contribution in [2.24, 2.45) is 5.73 Å². The molecule has 0 heterocycles. The minimum absolute atomic E-state index is 0.171. The van der Waals surface area contributed by atoms with E-state index >= 15 is 0 Å². The summed E-state index contributed by atoms with van der Waals surface area (Å²) in [6.45, 7) is 2.22. The number of benzene rings is 1. The second-order valence-corrected chi connectivity index (χ2v) is 4.94. The van der Waals surface area contributed by atoms with Crippen molar-refractivity contribution in [1.82, 2.24) is 0 Å². The Kier molecular flexibility index (Phi) is 6.01. The normalized spacial score (nSPS) is 10.3. The maximum atomic E-state index is 7.49. The van der Waals surface area contributed by atoms with Crippen LogP contribution in [-0.2, 0) is 5.75 Å². The number of hydrogen-bond acceptors (Lipinski definition) is 2. The zero-order valence-corrected chi connectivity index (χ0v) is 10.6. The third kappa shape index (κ3) is 4.27. The van der Waals surface area contributed by atoms with Crippen LogP contribution in [0.2, 0.25) is 0 Å². The van der Waals surface area contributed by atoms with E-state index in [1.54, 1.807) is 0 Å². The number of nitrogens with one attached hydrogen (secondary N) is 1. The summed E-state index contributed by atoms with van der Waals surface area (Å²) < 4.78 is 0. The largest absolute Gasteiger partial charge is 0.384 e. The third-order valence-corrected chi connectivity index (χ3v) is 3.55. The lowest BCUT2D eigenvalue weighted by atomic mass is 10.1. The molecule has 0 bridgehead atoms. The quantitative estimate of drug-likeness (QED) is 0.433. The van der Waals surface area contributed by atoms with E-state index in [2.05, 4.69) is 13.0 Å². The Morgan fingerprint density at radius 3 is 2.75 bits per heavy atom. The van der Waals surface area contributed by atoms with Crippen molar-refractivity contribution in [3.63, 3.8) is 0 Å². The average Bonchev–Trinajstić information content (AvgIpc) is 2.29. The van der Waals surface area contributed by atoms with Gasteiger partial charge in [-0.05, 0) is 17.7 Å². The number of rotatable bonds is 7. The predicted octanol–water partition coefficient (Wildman–Crippen LogP) is 3.39. The fourth-order valence-electron chi connectivity index (χ4n) is 1.55. The molecule has 0 aliphatic carbocycles. The first-order valence-electron chi connectivity index (χ1n) is 5.75. The Balaban J connectivity index is 2.44. The second kappa shape index (κ2) is 7.34. The summed E-state index contributed by atoms with van der Waals surface area (Å²) in [5.74, 6) is 2.32. The lowest BCUT2D eigenvalue weighted by Crippen LogP contribution is -2.13. The molecule has 0 radical (unpaired) electrons. The van der Waals surface area contributed by atoms with Gasteiger partial charge in [0.1, 0.15) is 5.84 Å². The Morgan fingerprint density at radius 2 is 2.06 bits per heavy atom. The van der Waals surface area contributed by atoms with Gasteiger partial charge in [-0.25, -0.2) is 0 Å². The van der Waals surface area contributed by atoms with Crippen LogP contribution in [0.25, 0.3) is 0 Å². The van der Waals surface area contributed by atoms with E-state index in [0.717, 1.165) is 11.3 Å². The lowest BCUT2D eigenvalue weighted by Gasteiger charge is -2.07. The molecule has 1 aromatic rings. The molecule has 0 spiro atoms. The summed E-state index contributed by atoms with van der Waals surface area (Å²) in [6, 6.07) is 7.92. The highest BCUT2D eigenvalue weighted by Gasteiger charge is 2.03. The Labute approximate surface area is 102 Å². The molecule has 0 unspecified atom stereocenters. The molecule has 0 saturated carbocycles. The Bertz CT molecular complexity index is 336. The van der Waals surface area contributed by atoms with Crippen molar-refractivity contribution in [2.75, 3.05) is 5.75 Å². The van der Waals surface area contributed by atoms with Crippen LogP contribution in [0, 0.1) is 5.41 Å². The number of nitrogens with two attached hydrogens (primary N) is 1. The number of unbranched alkanes of at least 4 members (excludes halogenated alkanes) is 2. The average molecular weight is 236 g/mol. The van der Waals surface area contributed by atoms with E-state index in [-0.39, 0.29) is 5.84 Å². The SMILES string of the molecule is CCCCCSCc1ccccc1C(=N)N. The molecule has 0 aromatic heterocycles. The van der Waals surface area contributed by atoms with Gasteiger partial charge < -0.3 is 5.73 Å². The zero-order chi connectivity index (χ0) is 11.8. The Hall–Kier alpha value is -0.960. The van der Waals surface area contributed by atoms with E-state index in [0.29, 0.717) is 0 Å². The van der Waals surface area contributed by atoms with Crippen molar-refractivity contribution in [2.45, 2.75) is 31.9 Å². The van der Waals surface area contributed by atoms with Gasteiger partial charge in [0.15, 0.2) is 0 Å². The van der Waals surface area contributed by atoms with Crippen molar-refractivity contribution in [1.29, 1.82) is 5.41 Å². The lowest BCUT2D eigenvalue weighted by molar-refractivity contribution is 0.778. The highest BCUT2D eigenvalue weighted by Crippen LogP contribution is 2.17. The van der Waals surface area contributed by atoms with E-state index in [1.807, 2.05) is 30.0 Å². The molecular weight excluding hydrogens is 216 g/mol. The summed E-state index contributed by atoms with van der Waals surface area (Å²) in [4.78, 5) is 0. The van der Waals surface area contributed by atoms with Gasteiger partial charge in [0.25, 0.3) is 0 Å². The molecule has 0 atom stereocenters. The van der Waals surface area contributed by atoms with Crippen molar-refractivity contribution < 1.29 is 0 Å². The van der Waals surface area contributed by atoms with Crippen LogP contribution in [0.1, 0.15) is 37.3 Å². The molecule has 1 aromatic carbocycles. The van der Waals surface area contributed by atoms with Crippen molar-refractivity contribution in [3.8, 4) is 0 Å². The molecule has 0 fully saturated rings. The van der Waals surface area contributed by atoms with E-state index in [9.17, 15) is 0 Å². The first-order valence-corrected chi connectivity index (χ1v) is 6.91. The maximum Gasteiger partial charge on any atom is 0.123 e. The first kappa shape index (κ1) is 13.1. The highest BCUT2D eigenvalue weighted by atomic mass is 32.2. The molecular formula is C13H20N2S.